The molecule has 45 heavy (non-hydrogen) atoms. The van der Waals surface area contributed by atoms with E-state index in [-0.39, 0.29) is 33.8 Å². The van der Waals surface area contributed by atoms with Crippen LogP contribution in [0.25, 0.3) is 11.3 Å². The predicted molar refractivity (Wildman–Crippen MR) is 179 cm³/mol. The third-order valence-corrected chi connectivity index (χ3v) is 7.87. The van der Waals surface area contributed by atoms with Crippen molar-refractivity contribution in [3.8, 4) is 17.0 Å². The van der Waals surface area contributed by atoms with Gasteiger partial charge in [-0.3, -0.25) is 4.79 Å². The summed E-state index contributed by atoms with van der Waals surface area (Å²) < 4.78 is 27.0. The van der Waals surface area contributed by atoms with Gasteiger partial charge in [0.1, 0.15) is 30.0 Å². The van der Waals surface area contributed by atoms with Crippen LogP contribution >= 0.6 is 34.2 Å². The summed E-state index contributed by atoms with van der Waals surface area (Å²) in [6.07, 6.45) is -1.38. The number of H-pyrrole nitrogens is 1. The molecule has 3 atom stereocenters. The zero-order chi connectivity index (χ0) is 32.7. The number of rotatable bonds is 12. The van der Waals surface area contributed by atoms with Gasteiger partial charge in [-0.05, 0) is 84.8 Å². The van der Waals surface area contributed by atoms with E-state index in [1.54, 1.807) is 36.4 Å². The Kier molecular flexibility index (Phi) is 11.5. The van der Waals surface area contributed by atoms with Gasteiger partial charge >= 0.3 is 6.09 Å². The van der Waals surface area contributed by atoms with Gasteiger partial charge < -0.3 is 30.2 Å². The first-order chi connectivity index (χ1) is 21.3. The fourth-order valence-electron chi connectivity index (χ4n) is 4.69. The Bertz CT molecular complexity index is 1610. The molecule has 1 heterocycles. The first-order valence-electron chi connectivity index (χ1n) is 14.2. The number of amides is 2. The largest absolute Gasteiger partial charge is 0.491 e. The van der Waals surface area contributed by atoms with Crippen LogP contribution in [0.5, 0.6) is 5.75 Å². The van der Waals surface area contributed by atoms with Crippen LogP contribution in [-0.2, 0) is 9.53 Å². The van der Waals surface area contributed by atoms with Crippen LogP contribution in [0.1, 0.15) is 62.6 Å². The summed E-state index contributed by atoms with van der Waals surface area (Å²) in [5.41, 5.74) is 1.50. The lowest BCUT2D eigenvalue weighted by molar-refractivity contribution is -0.124. The smallest absolute Gasteiger partial charge is 0.405 e. The fourth-order valence-corrected chi connectivity index (χ4v) is 5.38. The van der Waals surface area contributed by atoms with E-state index in [9.17, 15) is 19.1 Å². The van der Waals surface area contributed by atoms with Crippen molar-refractivity contribution in [2.75, 3.05) is 13.2 Å². The molecule has 0 aliphatic rings. The predicted octanol–water partition coefficient (Wildman–Crippen LogP) is 7.64. The van der Waals surface area contributed by atoms with Crippen molar-refractivity contribution in [3.05, 3.63) is 104 Å². The third kappa shape index (κ3) is 9.41. The van der Waals surface area contributed by atoms with E-state index in [1.807, 2.05) is 80.6 Å². The van der Waals surface area contributed by atoms with Crippen molar-refractivity contribution < 1.29 is 28.6 Å². The number of aromatic amines is 1. The van der Waals surface area contributed by atoms with Gasteiger partial charge in [0, 0.05) is 15.1 Å². The van der Waals surface area contributed by atoms with Crippen molar-refractivity contribution >= 4 is 46.2 Å². The number of aromatic nitrogens is 2. The molecule has 0 aliphatic carbocycles. The molecular formula is C33H35ClFIN4O5. The standard InChI is InChI=1S/C33H35ClFIN4O5/c1-19(20-8-6-5-7-9-20)26(30-37-28(29(34)40-30)24-15-12-22(36)18-25(24)35)38-31(41)27(39-32(42)43)21-10-13-23(14-11-21)44-16-17-45-33(2,3)4/h5-15,18-19,26-27,39H,16-17H2,1-4H3,(H,37,40)(H,38,41)(H,42,43)/t19-,26+,27?/m1/s1. The summed E-state index contributed by atoms with van der Waals surface area (Å²) in [5, 5.41) is 14.9. The fraction of sp³-hybridized carbons (Fsp3) is 0.303. The lowest BCUT2D eigenvalue weighted by atomic mass is 9.92. The second kappa shape index (κ2) is 15.1. The molecule has 9 nitrogen and oxygen atoms in total. The molecule has 3 aromatic carbocycles. The minimum atomic E-state index is -1.38. The number of ether oxygens (including phenoxy) is 2. The van der Waals surface area contributed by atoms with Crippen LogP contribution in [0, 0.1) is 9.39 Å². The Balaban J connectivity index is 1.61. The lowest BCUT2D eigenvalue weighted by Gasteiger charge is -2.27. The SMILES string of the molecule is C[C@H](c1ccccc1)[C@H](NC(=O)C(NC(=O)O)c1ccc(OCCOC(C)(C)C)cc1)c1nc(Cl)c(-c2ccc(I)cc2F)[nH]1. The molecule has 0 saturated heterocycles. The van der Waals surface area contributed by atoms with Gasteiger partial charge in [0.05, 0.1) is 23.9 Å². The van der Waals surface area contributed by atoms with Gasteiger partial charge in [-0.2, -0.15) is 0 Å². The molecule has 4 rings (SSSR count). The van der Waals surface area contributed by atoms with Crippen LogP contribution < -0.4 is 15.4 Å². The van der Waals surface area contributed by atoms with Crippen molar-refractivity contribution in [3.63, 3.8) is 0 Å². The zero-order valence-electron chi connectivity index (χ0n) is 25.2. The molecule has 238 valence electrons. The highest BCUT2D eigenvalue weighted by atomic mass is 127. The van der Waals surface area contributed by atoms with E-state index < -0.39 is 29.9 Å². The number of imidazole rings is 1. The van der Waals surface area contributed by atoms with Crippen molar-refractivity contribution in [1.29, 1.82) is 0 Å². The van der Waals surface area contributed by atoms with Gasteiger partial charge in [-0.15, -0.1) is 0 Å². The van der Waals surface area contributed by atoms with E-state index in [2.05, 4.69) is 20.6 Å². The third-order valence-electron chi connectivity index (χ3n) is 6.93. The van der Waals surface area contributed by atoms with Gasteiger partial charge in [-0.1, -0.05) is 61.0 Å². The molecule has 0 saturated carbocycles. The molecule has 0 radical (unpaired) electrons. The maximum atomic E-state index is 14.9. The topological polar surface area (TPSA) is 126 Å². The molecule has 4 aromatic rings. The number of nitrogens with zero attached hydrogens (tertiary/aromatic N) is 1. The zero-order valence-corrected chi connectivity index (χ0v) is 28.1. The monoisotopic (exact) mass is 748 g/mol. The highest BCUT2D eigenvalue weighted by molar-refractivity contribution is 14.1. The Morgan fingerprint density at radius 3 is 2.33 bits per heavy atom. The quantitative estimate of drug-likeness (QED) is 0.0873. The highest BCUT2D eigenvalue weighted by Gasteiger charge is 2.31. The molecular weight excluding hydrogens is 714 g/mol. The maximum Gasteiger partial charge on any atom is 0.405 e. The maximum absolute atomic E-state index is 14.9. The number of halogens is 3. The number of hydrogen-bond donors (Lipinski definition) is 4. The average Bonchev–Trinajstić information content (AvgIpc) is 3.37. The van der Waals surface area contributed by atoms with E-state index in [0.717, 1.165) is 9.13 Å². The average molecular weight is 749 g/mol. The summed E-state index contributed by atoms with van der Waals surface area (Å²) in [4.78, 5) is 33.2. The Labute approximate surface area is 280 Å². The number of carbonyl (C=O) groups excluding carboxylic acids is 1. The van der Waals surface area contributed by atoms with Crippen LogP contribution in [0.4, 0.5) is 9.18 Å². The minimum Gasteiger partial charge on any atom is -0.491 e. The van der Waals surface area contributed by atoms with E-state index in [0.29, 0.717) is 24.5 Å². The Morgan fingerprint density at radius 2 is 1.71 bits per heavy atom. The normalized spacial score (nSPS) is 13.5. The summed E-state index contributed by atoms with van der Waals surface area (Å²) >= 11 is 8.52. The van der Waals surface area contributed by atoms with E-state index in [1.165, 1.54) is 6.07 Å². The summed E-state index contributed by atoms with van der Waals surface area (Å²) in [7, 11) is 0. The van der Waals surface area contributed by atoms with E-state index in [4.69, 9.17) is 21.1 Å². The summed E-state index contributed by atoms with van der Waals surface area (Å²) in [6, 6.07) is 18.7. The van der Waals surface area contributed by atoms with Crippen molar-refractivity contribution in [2.45, 2.75) is 51.3 Å². The molecule has 1 aromatic heterocycles. The second-order valence-electron chi connectivity index (χ2n) is 11.4. The van der Waals surface area contributed by atoms with Gasteiger partial charge in [0.15, 0.2) is 5.15 Å². The Hall–Kier alpha value is -3.68. The molecule has 0 aliphatic heterocycles. The first-order valence-corrected chi connectivity index (χ1v) is 15.7. The number of carboxylic acid groups (broad SMARTS) is 1. The van der Waals surface area contributed by atoms with Crippen LogP contribution in [0.3, 0.4) is 0 Å². The van der Waals surface area contributed by atoms with Crippen molar-refractivity contribution in [1.82, 2.24) is 20.6 Å². The van der Waals surface area contributed by atoms with Gasteiger partial charge in [0.25, 0.3) is 0 Å². The lowest BCUT2D eigenvalue weighted by Crippen LogP contribution is -2.42. The number of hydrogen-bond acceptors (Lipinski definition) is 5. The first kappa shape index (κ1) is 34.2. The van der Waals surface area contributed by atoms with Crippen LogP contribution in [-0.4, -0.2) is 45.9 Å². The van der Waals surface area contributed by atoms with Crippen LogP contribution in [0.15, 0.2) is 72.8 Å². The van der Waals surface area contributed by atoms with E-state index >= 15 is 0 Å². The van der Waals surface area contributed by atoms with Crippen molar-refractivity contribution in [2.24, 2.45) is 0 Å². The van der Waals surface area contributed by atoms with Crippen LogP contribution in [0.2, 0.25) is 5.15 Å². The Morgan fingerprint density at radius 1 is 1.02 bits per heavy atom. The summed E-state index contributed by atoms with van der Waals surface area (Å²) in [5.74, 6) is -0.610. The molecule has 0 fully saturated rings. The minimum absolute atomic E-state index is 0.0355. The number of carbonyl (C=O) groups is 2. The molecule has 2 amide bonds. The number of nitrogens with one attached hydrogen (secondary N) is 3. The second-order valence-corrected chi connectivity index (χ2v) is 13.0. The molecule has 1 unspecified atom stereocenters. The molecule has 4 N–H and O–H groups in total. The molecule has 0 bridgehead atoms. The molecule has 0 spiro atoms. The van der Waals surface area contributed by atoms with Gasteiger partial charge in [0.2, 0.25) is 5.91 Å². The highest BCUT2D eigenvalue weighted by Crippen LogP contribution is 2.35. The van der Waals surface area contributed by atoms with Gasteiger partial charge in [-0.25, -0.2) is 14.2 Å². The summed E-state index contributed by atoms with van der Waals surface area (Å²) in [6.45, 7) is 8.49. The number of benzene rings is 3. The molecule has 12 heteroatoms.